The molecule has 1 amide bonds. The summed E-state index contributed by atoms with van der Waals surface area (Å²) in [6, 6.07) is 23.2. The van der Waals surface area contributed by atoms with E-state index in [2.05, 4.69) is 22.4 Å². The Bertz CT molecular complexity index is 1290. The number of fused-ring (bicyclic) bond motifs is 4. The number of carboxylic acids is 1. The molecule has 1 heterocycles. The zero-order valence-electron chi connectivity index (χ0n) is 18.8. The van der Waals surface area contributed by atoms with Crippen molar-refractivity contribution in [2.45, 2.75) is 24.1 Å². The van der Waals surface area contributed by atoms with E-state index in [1.165, 1.54) is 0 Å². The fourth-order valence-electron chi connectivity index (χ4n) is 4.38. The average Bonchev–Trinajstić information content (AvgIpc) is 3.43. The summed E-state index contributed by atoms with van der Waals surface area (Å²) in [6.45, 7) is 0.151. The second kappa shape index (κ2) is 10.5. The highest BCUT2D eigenvalue weighted by molar-refractivity contribution is 7.98. The summed E-state index contributed by atoms with van der Waals surface area (Å²) in [4.78, 5) is 28.8. The molecule has 0 saturated heterocycles. The lowest BCUT2D eigenvalue weighted by molar-refractivity contribution is -0.139. The van der Waals surface area contributed by atoms with Crippen LogP contribution in [0, 0.1) is 0 Å². The molecule has 1 aromatic heterocycles. The molecule has 0 spiro atoms. The standard InChI is InChI=1S/C27H24N2O4S2/c30-26(31)23(13-14-34-16-25-28-22-11-5-6-12-24(22)35-25)29-27(32)33-15-21-19-9-3-1-7-17(19)18-8-2-4-10-20(18)21/h1-12,21,23H,13-16H2,(H,29,32)(H,30,31). The van der Waals surface area contributed by atoms with E-state index in [9.17, 15) is 14.7 Å². The summed E-state index contributed by atoms with van der Waals surface area (Å²) < 4.78 is 6.64. The van der Waals surface area contributed by atoms with Crippen LogP contribution in [0.4, 0.5) is 4.79 Å². The number of benzene rings is 3. The first kappa shape index (κ1) is 23.4. The number of alkyl carbamates (subject to hydrolysis) is 1. The number of para-hydroxylation sites is 1. The Balaban J connectivity index is 1.13. The molecular weight excluding hydrogens is 480 g/mol. The first-order valence-electron chi connectivity index (χ1n) is 11.4. The van der Waals surface area contributed by atoms with Crippen molar-refractivity contribution in [2.24, 2.45) is 0 Å². The number of carbonyl (C=O) groups excluding carboxylic acids is 1. The fraction of sp³-hybridized carbons (Fsp3) is 0.222. The molecule has 4 aromatic rings. The fourth-order valence-corrected chi connectivity index (χ4v) is 6.42. The number of hydrogen-bond donors (Lipinski definition) is 2. The molecule has 0 radical (unpaired) electrons. The van der Waals surface area contributed by atoms with Crippen molar-refractivity contribution >= 4 is 45.4 Å². The molecule has 5 rings (SSSR count). The minimum atomic E-state index is -1.07. The van der Waals surface area contributed by atoms with Crippen molar-refractivity contribution < 1.29 is 19.4 Å². The molecule has 3 aromatic carbocycles. The van der Waals surface area contributed by atoms with Gasteiger partial charge in [-0.15, -0.1) is 11.3 Å². The molecule has 2 N–H and O–H groups in total. The van der Waals surface area contributed by atoms with E-state index in [4.69, 9.17) is 4.74 Å². The van der Waals surface area contributed by atoms with Gasteiger partial charge in [0.2, 0.25) is 0 Å². The van der Waals surface area contributed by atoms with Crippen LogP contribution in [-0.2, 0) is 15.3 Å². The van der Waals surface area contributed by atoms with Gasteiger partial charge in [-0.1, -0.05) is 60.7 Å². The molecule has 178 valence electrons. The normalized spacial score (nSPS) is 13.3. The van der Waals surface area contributed by atoms with E-state index >= 15 is 0 Å². The van der Waals surface area contributed by atoms with Gasteiger partial charge >= 0.3 is 12.1 Å². The van der Waals surface area contributed by atoms with Crippen LogP contribution in [0.25, 0.3) is 21.3 Å². The van der Waals surface area contributed by atoms with E-state index in [-0.39, 0.29) is 12.5 Å². The molecule has 35 heavy (non-hydrogen) atoms. The molecule has 6 nitrogen and oxygen atoms in total. The highest BCUT2D eigenvalue weighted by Gasteiger charge is 2.29. The highest BCUT2D eigenvalue weighted by atomic mass is 32.2. The van der Waals surface area contributed by atoms with Crippen LogP contribution in [0.15, 0.2) is 72.8 Å². The average molecular weight is 505 g/mol. The number of aliphatic carboxylic acids is 1. The van der Waals surface area contributed by atoms with Gasteiger partial charge in [0, 0.05) is 11.7 Å². The van der Waals surface area contributed by atoms with Crippen LogP contribution in [0.1, 0.15) is 28.5 Å². The number of carboxylic acid groups (broad SMARTS) is 1. The molecule has 1 unspecified atom stereocenters. The lowest BCUT2D eigenvalue weighted by Gasteiger charge is -2.17. The minimum absolute atomic E-state index is 0.0687. The van der Waals surface area contributed by atoms with Crippen LogP contribution < -0.4 is 5.32 Å². The maximum absolute atomic E-state index is 12.5. The Labute approximate surface area is 211 Å². The third-order valence-corrected chi connectivity index (χ3v) is 8.27. The van der Waals surface area contributed by atoms with Crippen molar-refractivity contribution in [3.8, 4) is 11.1 Å². The number of rotatable bonds is 9. The summed E-state index contributed by atoms with van der Waals surface area (Å²) >= 11 is 3.25. The van der Waals surface area contributed by atoms with Gasteiger partial charge in [0.1, 0.15) is 17.7 Å². The van der Waals surface area contributed by atoms with E-state index in [0.717, 1.165) is 37.5 Å². The number of amides is 1. The predicted octanol–water partition coefficient (Wildman–Crippen LogP) is 5.91. The molecule has 0 aliphatic heterocycles. The number of thiazole rings is 1. The second-order valence-corrected chi connectivity index (χ2v) is 10.5. The lowest BCUT2D eigenvalue weighted by Crippen LogP contribution is -2.41. The number of ether oxygens (including phenoxy) is 1. The smallest absolute Gasteiger partial charge is 0.407 e. The second-order valence-electron chi connectivity index (χ2n) is 8.28. The summed E-state index contributed by atoms with van der Waals surface area (Å²) in [5.41, 5.74) is 5.50. The number of nitrogens with zero attached hydrogens (tertiary/aromatic N) is 1. The van der Waals surface area contributed by atoms with Gasteiger partial charge in [-0.05, 0) is 46.6 Å². The van der Waals surface area contributed by atoms with Crippen molar-refractivity contribution in [1.82, 2.24) is 10.3 Å². The molecule has 0 bridgehead atoms. The Kier molecular flexibility index (Phi) is 7.01. The number of thioether (sulfide) groups is 1. The molecule has 0 fully saturated rings. The molecule has 1 atom stereocenters. The monoisotopic (exact) mass is 504 g/mol. The zero-order valence-corrected chi connectivity index (χ0v) is 20.5. The molecule has 8 heteroatoms. The Morgan fingerprint density at radius 1 is 1.00 bits per heavy atom. The Morgan fingerprint density at radius 3 is 2.34 bits per heavy atom. The van der Waals surface area contributed by atoms with E-state index < -0.39 is 18.1 Å². The summed E-state index contributed by atoms with van der Waals surface area (Å²) in [5, 5.41) is 13.1. The molecule has 0 saturated carbocycles. The zero-order chi connectivity index (χ0) is 24.2. The van der Waals surface area contributed by atoms with E-state index in [1.54, 1.807) is 23.1 Å². The van der Waals surface area contributed by atoms with E-state index in [0.29, 0.717) is 17.9 Å². The Morgan fingerprint density at radius 2 is 1.66 bits per heavy atom. The van der Waals surface area contributed by atoms with E-state index in [1.807, 2.05) is 60.7 Å². The van der Waals surface area contributed by atoms with Crippen LogP contribution >= 0.6 is 23.1 Å². The lowest BCUT2D eigenvalue weighted by atomic mass is 9.98. The Hall–Kier alpha value is -3.36. The maximum Gasteiger partial charge on any atom is 0.407 e. The van der Waals surface area contributed by atoms with Crippen molar-refractivity contribution in [3.05, 3.63) is 88.9 Å². The summed E-state index contributed by atoms with van der Waals surface area (Å²) in [6.07, 6.45) is -0.412. The van der Waals surface area contributed by atoms with Crippen molar-refractivity contribution in [3.63, 3.8) is 0 Å². The summed E-state index contributed by atoms with van der Waals surface area (Å²) in [7, 11) is 0. The third kappa shape index (κ3) is 5.18. The SMILES string of the molecule is O=C(NC(CCSCc1nc2ccccc2s1)C(=O)O)OCC1c2ccccc2-c2ccccc21. The van der Waals surface area contributed by atoms with Crippen molar-refractivity contribution in [2.75, 3.05) is 12.4 Å². The number of carbonyl (C=O) groups is 2. The van der Waals surface area contributed by atoms with Gasteiger partial charge in [0.05, 0.1) is 10.2 Å². The van der Waals surface area contributed by atoms with Crippen molar-refractivity contribution in [1.29, 1.82) is 0 Å². The van der Waals surface area contributed by atoms with Gasteiger partial charge in [0.15, 0.2) is 0 Å². The maximum atomic E-state index is 12.5. The highest BCUT2D eigenvalue weighted by Crippen LogP contribution is 2.44. The molecule has 1 aliphatic rings. The minimum Gasteiger partial charge on any atom is -0.480 e. The first-order chi connectivity index (χ1) is 17.1. The van der Waals surface area contributed by atoms with Gasteiger partial charge in [-0.3, -0.25) is 0 Å². The van der Waals surface area contributed by atoms with Crippen LogP contribution in [0.3, 0.4) is 0 Å². The van der Waals surface area contributed by atoms with Gasteiger partial charge in [0.25, 0.3) is 0 Å². The van der Waals surface area contributed by atoms with Crippen LogP contribution in [0.2, 0.25) is 0 Å². The van der Waals surface area contributed by atoms with Crippen LogP contribution in [0.5, 0.6) is 0 Å². The number of hydrogen-bond acceptors (Lipinski definition) is 6. The van der Waals surface area contributed by atoms with Gasteiger partial charge < -0.3 is 15.2 Å². The summed E-state index contributed by atoms with van der Waals surface area (Å²) in [5.74, 6) is 0.146. The third-order valence-electron chi connectivity index (χ3n) is 6.05. The van der Waals surface area contributed by atoms with Gasteiger partial charge in [-0.2, -0.15) is 11.8 Å². The van der Waals surface area contributed by atoms with Crippen LogP contribution in [-0.4, -0.2) is 40.6 Å². The largest absolute Gasteiger partial charge is 0.480 e. The van der Waals surface area contributed by atoms with Gasteiger partial charge in [-0.25, -0.2) is 14.6 Å². The molecule has 1 aliphatic carbocycles. The first-order valence-corrected chi connectivity index (χ1v) is 13.3. The topological polar surface area (TPSA) is 88.5 Å². The number of aromatic nitrogens is 1. The predicted molar refractivity (Wildman–Crippen MR) is 140 cm³/mol. The molecular formula is C27H24N2O4S2. The quantitative estimate of drug-likeness (QED) is 0.276. The number of nitrogens with one attached hydrogen (secondary N) is 1.